The zero-order valence-corrected chi connectivity index (χ0v) is 15.6. The Kier molecular flexibility index (Phi) is 15.9. The van der Waals surface area contributed by atoms with E-state index in [2.05, 4.69) is 15.5 Å². The van der Waals surface area contributed by atoms with Gasteiger partial charge in [0.15, 0.2) is 0 Å². The molecule has 0 heterocycles. The second-order valence-electron chi connectivity index (χ2n) is 5.64. The van der Waals surface area contributed by atoms with E-state index in [0.29, 0.717) is 52.4 Å². The topological polar surface area (TPSA) is 79.9 Å². The van der Waals surface area contributed by atoms with Crippen molar-refractivity contribution >= 4 is 11.8 Å². The van der Waals surface area contributed by atoms with Gasteiger partial charge in [0.05, 0.1) is 13.2 Å². The molecule has 0 fully saturated rings. The number of nitrogens with one attached hydrogen (secondary N) is 2. The molecule has 0 unspecified atom stereocenters. The van der Waals surface area contributed by atoms with Gasteiger partial charge in [0.1, 0.15) is 0 Å². The van der Waals surface area contributed by atoms with Crippen LogP contribution in [0.3, 0.4) is 0 Å². The van der Waals surface area contributed by atoms with Gasteiger partial charge in [-0.15, -0.1) is 0 Å². The molecule has 0 saturated carbocycles. The van der Waals surface area contributed by atoms with Crippen molar-refractivity contribution in [3.8, 4) is 0 Å². The first-order valence-corrected chi connectivity index (χ1v) is 8.97. The van der Waals surface area contributed by atoms with Gasteiger partial charge in [-0.2, -0.15) is 0 Å². The highest BCUT2D eigenvalue weighted by molar-refractivity contribution is 5.75. The lowest BCUT2D eigenvalue weighted by Gasteiger charge is -2.16. The first kappa shape index (κ1) is 22.8. The van der Waals surface area contributed by atoms with Crippen LogP contribution in [0.5, 0.6) is 0 Å². The summed E-state index contributed by atoms with van der Waals surface area (Å²) in [6.45, 7) is 9.45. The van der Waals surface area contributed by atoms with E-state index in [1.165, 1.54) is 0 Å². The predicted molar refractivity (Wildman–Crippen MR) is 95.0 cm³/mol. The Balaban J connectivity index is 3.25. The summed E-state index contributed by atoms with van der Waals surface area (Å²) in [5.74, 6) is 0.171. The third kappa shape index (κ3) is 15.7. The molecule has 0 saturated heterocycles. The molecule has 7 nitrogen and oxygen atoms in total. The number of carbonyl (C=O) groups is 2. The number of likely N-dealkylation sites (N-methyl/N-ethyl adjacent to an activating group) is 1. The zero-order chi connectivity index (χ0) is 18.0. The molecule has 142 valence electrons. The van der Waals surface area contributed by atoms with Crippen LogP contribution in [0.15, 0.2) is 0 Å². The Labute approximate surface area is 146 Å². The van der Waals surface area contributed by atoms with Gasteiger partial charge < -0.3 is 25.0 Å². The highest BCUT2D eigenvalue weighted by Crippen LogP contribution is 1.89. The standard InChI is InChI=1S/C17H35N3O4/c1-4-16(21)18-8-6-12-23-14-10-20(3)11-15-24-13-7-9-19-17(22)5-2/h4-15H2,1-3H3,(H,18,21)(H,19,22). The molecule has 0 aromatic heterocycles. The minimum Gasteiger partial charge on any atom is -0.380 e. The van der Waals surface area contributed by atoms with Gasteiger partial charge in [-0.25, -0.2) is 0 Å². The number of amides is 2. The fourth-order valence-electron chi connectivity index (χ4n) is 1.81. The monoisotopic (exact) mass is 345 g/mol. The van der Waals surface area contributed by atoms with Crippen LogP contribution in [0.4, 0.5) is 0 Å². The van der Waals surface area contributed by atoms with Gasteiger partial charge in [-0.1, -0.05) is 13.8 Å². The molecule has 2 N–H and O–H groups in total. The molecule has 0 spiro atoms. The fraction of sp³-hybridized carbons (Fsp3) is 0.882. The molecule has 2 amide bonds. The Bertz CT molecular complexity index is 297. The van der Waals surface area contributed by atoms with Crippen molar-refractivity contribution in [1.82, 2.24) is 15.5 Å². The summed E-state index contributed by atoms with van der Waals surface area (Å²) in [6, 6.07) is 0. The number of hydrogen-bond donors (Lipinski definition) is 2. The maximum absolute atomic E-state index is 11.0. The fourth-order valence-corrected chi connectivity index (χ4v) is 1.81. The Morgan fingerprint density at radius 1 is 0.792 bits per heavy atom. The van der Waals surface area contributed by atoms with Crippen LogP contribution in [0.25, 0.3) is 0 Å². The Morgan fingerprint density at radius 3 is 1.58 bits per heavy atom. The van der Waals surface area contributed by atoms with Crippen molar-refractivity contribution in [1.29, 1.82) is 0 Å². The summed E-state index contributed by atoms with van der Waals surface area (Å²) < 4.78 is 11.1. The SMILES string of the molecule is CCC(=O)NCCCOCCN(C)CCOCCCNC(=O)CC. The van der Waals surface area contributed by atoms with Crippen molar-refractivity contribution < 1.29 is 19.1 Å². The van der Waals surface area contributed by atoms with Crippen LogP contribution in [0.2, 0.25) is 0 Å². The van der Waals surface area contributed by atoms with Crippen LogP contribution in [-0.4, -0.2) is 76.4 Å². The lowest BCUT2D eigenvalue weighted by molar-refractivity contribution is -0.121. The van der Waals surface area contributed by atoms with Crippen LogP contribution in [0.1, 0.15) is 39.5 Å². The van der Waals surface area contributed by atoms with E-state index in [0.717, 1.165) is 25.9 Å². The third-order valence-electron chi connectivity index (χ3n) is 3.45. The number of nitrogens with zero attached hydrogens (tertiary/aromatic N) is 1. The highest BCUT2D eigenvalue weighted by atomic mass is 16.5. The van der Waals surface area contributed by atoms with Gasteiger partial charge in [0, 0.05) is 52.2 Å². The van der Waals surface area contributed by atoms with Crippen LogP contribution >= 0.6 is 0 Å². The number of hydrogen-bond acceptors (Lipinski definition) is 5. The lowest BCUT2D eigenvalue weighted by atomic mass is 10.4. The second kappa shape index (κ2) is 16.7. The normalized spacial score (nSPS) is 10.8. The molecule has 7 heteroatoms. The maximum atomic E-state index is 11.0. The average Bonchev–Trinajstić information content (AvgIpc) is 2.59. The van der Waals surface area contributed by atoms with Crippen molar-refractivity contribution in [3.05, 3.63) is 0 Å². The van der Waals surface area contributed by atoms with E-state index in [-0.39, 0.29) is 11.8 Å². The molecule has 0 aliphatic heterocycles. The van der Waals surface area contributed by atoms with Crippen LogP contribution < -0.4 is 10.6 Å². The molecular formula is C17H35N3O4. The Hall–Kier alpha value is -1.18. The molecule has 0 rings (SSSR count). The summed E-state index contributed by atoms with van der Waals surface area (Å²) in [7, 11) is 2.04. The number of ether oxygens (including phenoxy) is 2. The Morgan fingerprint density at radius 2 is 1.21 bits per heavy atom. The van der Waals surface area contributed by atoms with Gasteiger partial charge in [-0.05, 0) is 19.9 Å². The van der Waals surface area contributed by atoms with E-state index in [1.807, 2.05) is 20.9 Å². The minimum absolute atomic E-state index is 0.0856. The molecule has 0 radical (unpaired) electrons. The molecule has 0 aromatic rings. The smallest absolute Gasteiger partial charge is 0.219 e. The summed E-state index contributed by atoms with van der Waals surface area (Å²) in [6.07, 6.45) is 2.74. The largest absolute Gasteiger partial charge is 0.380 e. The highest BCUT2D eigenvalue weighted by Gasteiger charge is 2.00. The van der Waals surface area contributed by atoms with Gasteiger partial charge >= 0.3 is 0 Å². The summed E-state index contributed by atoms with van der Waals surface area (Å²) in [5.41, 5.74) is 0. The molecule has 0 aliphatic carbocycles. The molecule has 0 aliphatic rings. The minimum atomic E-state index is 0.0856. The van der Waals surface area contributed by atoms with Crippen molar-refractivity contribution in [2.24, 2.45) is 0 Å². The predicted octanol–water partition coefficient (Wildman–Crippen LogP) is 0.784. The van der Waals surface area contributed by atoms with Gasteiger partial charge in [0.25, 0.3) is 0 Å². The number of rotatable bonds is 16. The molecule has 0 bridgehead atoms. The molecule has 0 aromatic carbocycles. The van der Waals surface area contributed by atoms with Crippen molar-refractivity contribution in [2.45, 2.75) is 39.5 Å². The molecule has 24 heavy (non-hydrogen) atoms. The van der Waals surface area contributed by atoms with Crippen LogP contribution in [0, 0.1) is 0 Å². The van der Waals surface area contributed by atoms with Crippen LogP contribution in [-0.2, 0) is 19.1 Å². The third-order valence-corrected chi connectivity index (χ3v) is 3.45. The lowest BCUT2D eigenvalue weighted by Crippen LogP contribution is -2.28. The summed E-state index contributed by atoms with van der Waals surface area (Å²) >= 11 is 0. The van der Waals surface area contributed by atoms with E-state index < -0.39 is 0 Å². The van der Waals surface area contributed by atoms with Crippen molar-refractivity contribution in [2.75, 3.05) is 59.7 Å². The zero-order valence-electron chi connectivity index (χ0n) is 15.6. The van der Waals surface area contributed by atoms with E-state index in [1.54, 1.807) is 0 Å². The second-order valence-corrected chi connectivity index (χ2v) is 5.64. The molecule has 0 atom stereocenters. The quantitative estimate of drug-likeness (QED) is 0.404. The first-order valence-electron chi connectivity index (χ1n) is 8.97. The van der Waals surface area contributed by atoms with Crippen molar-refractivity contribution in [3.63, 3.8) is 0 Å². The summed E-state index contributed by atoms with van der Waals surface area (Å²) in [5, 5.41) is 5.64. The first-order chi connectivity index (χ1) is 11.6. The van der Waals surface area contributed by atoms with E-state index in [9.17, 15) is 9.59 Å². The van der Waals surface area contributed by atoms with E-state index >= 15 is 0 Å². The maximum Gasteiger partial charge on any atom is 0.219 e. The van der Waals surface area contributed by atoms with Gasteiger partial charge in [-0.3, -0.25) is 9.59 Å². The van der Waals surface area contributed by atoms with E-state index in [4.69, 9.17) is 9.47 Å². The van der Waals surface area contributed by atoms with Gasteiger partial charge in [0.2, 0.25) is 11.8 Å². The number of carbonyl (C=O) groups excluding carboxylic acids is 2. The summed E-state index contributed by atoms with van der Waals surface area (Å²) in [4.78, 5) is 24.2. The average molecular weight is 345 g/mol. The molecular weight excluding hydrogens is 310 g/mol.